The third-order valence-corrected chi connectivity index (χ3v) is 7.44. The number of ether oxygens (including phenoxy) is 1. The summed E-state index contributed by atoms with van der Waals surface area (Å²) in [5.74, 6) is 6.62. The summed E-state index contributed by atoms with van der Waals surface area (Å²) in [7, 11) is 0. The molecule has 8 unspecified atom stereocenters. The Hall–Kier alpha value is -0.0400. The van der Waals surface area contributed by atoms with Crippen molar-refractivity contribution in [3.05, 3.63) is 0 Å². The molecule has 1 aliphatic heterocycles. The molecule has 18 heavy (non-hydrogen) atoms. The lowest BCUT2D eigenvalue weighted by molar-refractivity contribution is -0.0132. The van der Waals surface area contributed by atoms with Gasteiger partial charge in [-0.3, -0.25) is 0 Å². The highest BCUT2D eigenvalue weighted by atomic mass is 16.6. The normalized spacial score (nSPS) is 61.3. The molecule has 100 valence electrons. The lowest BCUT2D eigenvalue weighted by atomic mass is 9.54. The highest BCUT2D eigenvalue weighted by molar-refractivity contribution is 5.04. The average molecular weight is 246 g/mol. The van der Waals surface area contributed by atoms with Crippen LogP contribution >= 0.6 is 0 Å². The van der Waals surface area contributed by atoms with E-state index in [4.69, 9.17) is 4.74 Å². The Morgan fingerprint density at radius 3 is 2.28 bits per heavy atom. The van der Waals surface area contributed by atoms with Crippen molar-refractivity contribution in [2.24, 2.45) is 35.5 Å². The zero-order valence-corrected chi connectivity index (χ0v) is 11.4. The van der Waals surface area contributed by atoms with Gasteiger partial charge in [0, 0.05) is 0 Å². The number of fused-ring (bicyclic) bond motifs is 6. The van der Waals surface area contributed by atoms with Crippen LogP contribution in [0, 0.1) is 35.5 Å². The van der Waals surface area contributed by atoms with Crippen LogP contribution in [0.3, 0.4) is 0 Å². The van der Waals surface area contributed by atoms with Crippen LogP contribution in [-0.4, -0.2) is 12.2 Å². The van der Waals surface area contributed by atoms with Gasteiger partial charge >= 0.3 is 0 Å². The average Bonchev–Trinajstić information content (AvgIpc) is 2.98. The first-order valence-corrected chi connectivity index (χ1v) is 8.55. The summed E-state index contributed by atoms with van der Waals surface area (Å²) in [6.45, 7) is 0. The molecule has 0 aromatic carbocycles. The molecule has 0 amide bonds. The third-order valence-electron chi connectivity index (χ3n) is 7.44. The maximum atomic E-state index is 5.84. The van der Waals surface area contributed by atoms with Gasteiger partial charge in [-0.2, -0.15) is 0 Å². The molecule has 0 N–H and O–H groups in total. The fourth-order valence-corrected chi connectivity index (χ4v) is 6.68. The molecule has 5 aliphatic rings. The number of epoxide rings is 1. The first-order valence-electron chi connectivity index (χ1n) is 8.55. The number of hydrogen-bond acceptors (Lipinski definition) is 1. The Balaban J connectivity index is 1.41. The van der Waals surface area contributed by atoms with Crippen molar-refractivity contribution >= 4 is 0 Å². The highest BCUT2D eigenvalue weighted by Crippen LogP contribution is 2.59. The smallest absolute Gasteiger partial charge is 0.0844 e. The van der Waals surface area contributed by atoms with Gasteiger partial charge in [0.15, 0.2) is 0 Å². The molecular weight excluding hydrogens is 220 g/mol. The Labute approximate surface area is 111 Å². The molecule has 4 saturated carbocycles. The second-order valence-electron chi connectivity index (χ2n) is 7.95. The largest absolute Gasteiger partial charge is 0.370 e. The molecule has 0 bridgehead atoms. The van der Waals surface area contributed by atoms with Gasteiger partial charge in [-0.25, -0.2) is 0 Å². The third kappa shape index (κ3) is 1.43. The van der Waals surface area contributed by atoms with Gasteiger partial charge in [0.25, 0.3) is 0 Å². The Kier molecular flexibility index (Phi) is 2.23. The van der Waals surface area contributed by atoms with Crippen LogP contribution in [0.25, 0.3) is 0 Å². The Morgan fingerprint density at radius 1 is 0.556 bits per heavy atom. The van der Waals surface area contributed by atoms with Crippen LogP contribution in [0.2, 0.25) is 0 Å². The minimum absolute atomic E-state index is 0.700. The van der Waals surface area contributed by atoms with E-state index in [9.17, 15) is 0 Å². The van der Waals surface area contributed by atoms with Crippen molar-refractivity contribution in [1.29, 1.82) is 0 Å². The van der Waals surface area contributed by atoms with Gasteiger partial charge in [0.05, 0.1) is 12.2 Å². The van der Waals surface area contributed by atoms with Gasteiger partial charge in [-0.1, -0.05) is 12.8 Å². The summed E-state index contributed by atoms with van der Waals surface area (Å²) in [5, 5.41) is 0. The van der Waals surface area contributed by atoms with Crippen molar-refractivity contribution in [2.75, 3.05) is 0 Å². The van der Waals surface area contributed by atoms with E-state index in [0.717, 1.165) is 35.5 Å². The minimum Gasteiger partial charge on any atom is -0.370 e. The summed E-state index contributed by atoms with van der Waals surface area (Å²) in [5.41, 5.74) is 0. The van der Waals surface area contributed by atoms with E-state index in [0.29, 0.717) is 12.2 Å². The van der Waals surface area contributed by atoms with E-state index >= 15 is 0 Å². The van der Waals surface area contributed by atoms with Crippen LogP contribution in [0.5, 0.6) is 0 Å². The van der Waals surface area contributed by atoms with Crippen LogP contribution in [0.1, 0.15) is 57.8 Å². The topological polar surface area (TPSA) is 12.5 Å². The summed E-state index contributed by atoms with van der Waals surface area (Å²) in [6, 6.07) is 0. The summed E-state index contributed by atoms with van der Waals surface area (Å²) in [4.78, 5) is 0. The van der Waals surface area contributed by atoms with Gasteiger partial charge in [0.2, 0.25) is 0 Å². The fraction of sp³-hybridized carbons (Fsp3) is 1.00. The van der Waals surface area contributed by atoms with Crippen LogP contribution in [0.15, 0.2) is 0 Å². The SMILES string of the molecule is C1CC2CCC3C4CC5OC5CC4CCC3C2C1. The number of rotatable bonds is 0. The van der Waals surface area contributed by atoms with E-state index in [2.05, 4.69) is 0 Å². The predicted octanol–water partition coefficient (Wildman–Crippen LogP) is 4.02. The summed E-state index contributed by atoms with van der Waals surface area (Å²) < 4.78 is 5.84. The first-order chi connectivity index (χ1) is 8.90. The quantitative estimate of drug-likeness (QED) is 0.588. The van der Waals surface area contributed by atoms with E-state index in [1.54, 1.807) is 44.9 Å². The molecular formula is C17H26O. The van der Waals surface area contributed by atoms with Crippen molar-refractivity contribution in [3.8, 4) is 0 Å². The predicted molar refractivity (Wildman–Crippen MR) is 71.2 cm³/mol. The second kappa shape index (κ2) is 3.75. The molecule has 4 aliphatic carbocycles. The molecule has 1 heterocycles. The highest BCUT2D eigenvalue weighted by Gasteiger charge is 2.55. The molecule has 0 spiro atoms. The molecule has 0 aromatic rings. The Bertz CT molecular complexity index is 350. The molecule has 0 aromatic heterocycles. The van der Waals surface area contributed by atoms with Gasteiger partial charge in [-0.15, -0.1) is 0 Å². The van der Waals surface area contributed by atoms with Crippen LogP contribution < -0.4 is 0 Å². The van der Waals surface area contributed by atoms with E-state index in [1.165, 1.54) is 12.8 Å². The number of hydrogen-bond donors (Lipinski definition) is 0. The molecule has 1 saturated heterocycles. The van der Waals surface area contributed by atoms with Crippen molar-refractivity contribution in [3.63, 3.8) is 0 Å². The monoisotopic (exact) mass is 246 g/mol. The van der Waals surface area contributed by atoms with Crippen LogP contribution in [-0.2, 0) is 4.74 Å². The van der Waals surface area contributed by atoms with Crippen molar-refractivity contribution < 1.29 is 4.74 Å². The fourth-order valence-electron chi connectivity index (χ4n) is 6.68. The van der Waals surface area contributed by atoms with Gasteiger partial charge in [0.1, 0.15) is 0 Å². The first kappa shape index (κ1) is 10.7. The molecule has 5 rings (SSSR count). The molecule has 1 nitrogen and oxygen atoms in total. The molecule has 5 fully saturated rings. The lowest BCUT2D eigenvalue weighted by Crippen LogP contribution is -2.44. The van der Waals surface area contributed by atoms with E-state index in [-0.39, 0.29) is 0 Å². The van der Waals surface area contributed by atoms with E-state index < -0.39 is 0 Å². The minimum atomic E-state index is 0.700. The second-order valence-corrected chi connectivity index (χ2v) is 7.95. The maximum Gasteiger partial charge on any atom is 0.0844 e. The summed E-state index contributed by atoms with van der Waals surface area (Å²) in [6.07, 6.45) is 15.2. The Morgan fingerprint density at radius 2 is 1.33 bits per heavy atom. The van der Waals surface area contributed by atoms with E-state index in [1.807, 2.05) is 0 Å². The van der Waals surface area contributed by atoms with Gasteiger partial charge < -0.3 is 4.74 Å². The van der Waals surface area contributed by atoms with Crippen LogP contribution in [0.4, 0.5) is 0 Å². The van der Waals surface area contributed by atoms with Crippen molar-refractivity contribution in [1.82, 2.24) is 0 Å². The summed E-state index contributed by atoms with van der Waals surface area (Å²) >= 11 is 0. The zero-order chi connectivity index (χ0) is 11.7. The maximum absolute atomic E-state index is 5.84. The molecule has 0 radical (unpaired) electrons. The lowest BCUT2D eigenvalue weighted by Gasteiger charge is -2.51. The molecule has 8 atom stereocenters. The zero-order valence-electron chi connectivity index (χ0n) is 11.4. The van der Waals surface area contributed by atoms with Crippen molar-refractivity contribution in [2.45, 2.75) is 70.0 Å². The standard InChI is InChI=1S/C17H26O/c1-2-10-4-6-14-13(12(10)3-1)7-5-11-8-16-17(18-16)9-15(11)14/h10-17H,1-9H2. The molecule has 1 heteroatoms. The van der Waals surface area contributed by atoms with Gasteiger partial charge in [-0.05, 0) is 80.5 Å².